The lowest BCUT2D eigenvalue weighted by molar-refractivity contribution is -0.139. The van der Waals surface area contributed by atoms with E-state index < -0.39 is 17.5 Å². The van der Waals surface area contributed by atoms with Gasteiger partial charge in [-0.15, -0.1) is 0 Å². The van der Waals surface area contributed by atoms with Gasteiger partial charge in [-0.2, -0.15) is 0 Å². The number of thiazole rings is 1. The smallest absolute Gasteiger partial charge is 0.358 e. The summed E-state index contributed by atoms with van der Waals surface area (Å²) in [6, 6.07) is 23.6. The van der Waals surface area contributed by atoms with E-state index in [2.05, 4.69) is 28.2 Å². The van der Waals surface area contributed by atoms with Gasteiger partial charge in [-0.05, 0) is 138 Å². The molecule has 1 saturated heterocycles. The number of amides is 1. The maximum absolute atomic E-state index is 13.9. The Labute approximate surface area is 338 Å². The molecule has 1 fully saturated rings. The Morgan fingerprint density at radius 3 is 2.54 bits per heavy atom. The molecule has 0 bridgehead atoms. The highest BCUT2D eigenvalue weighted by atomic mass is 32.1. The molecule has 0 radical (unpaired) electrons. The van der Waals surface area contributed by atoms with Gasteiger partial charge < -0.3 is 19.5 Å². The number of para-hydroxylation sites is 1. The minimum absolute atomic E-state index is 0.0985. The summed E-state index contributed by atoms with van der Waals surface area (Å²) in [5.41, 5.74) is 5.35. The van der Waals surface area contributed by atoms with Crippen LogP contribution < -0.4 is 15.0 Å². The number of nitrogens with one attached hydrogen (secondary N) is 1. The Hall–Kier alpha value is -5.33. The number of nitrogens with zero attached hydrogens (tertiary/aromatic N) is 4. The highest BCUT2D eigenvalue weighted by Gasteiger charge is 2.29. The molecular formula is C45H51N5O6S. The van der Waals surface area contributed by atoms with E-state index in [9.17, 15) is 19.5 Å². The highest BCUT2D eigenvalue weighted by Crippen LogP contribution is 2.36. The van der Waals surface area contributed by atoms with Crippen molar-refractivity contribution in [2.24, 2.45) is 5.92 Å². The van der Waals surface area contributed by atoms with Crippen LogP contribution in [0.25, 0.3) is 21.3 Å². The van der Waals surface area contributed by atoms with Gasteiger partial charge in [0.05, 0.1) is 23.4 Å². The van der Waals surface area contributed by atoms with Gasteiger partial charge in [0, 0.05) is 30.3 Å². The summed E-state index contributed by atoms with van der Waals surface area (Å²) >= 11 is 1.45. The predicted molar refractivity (Wildman–Crippen MR) is 224 cm³/mol. The SMILES string of the molecule is Cc1c(OCCC[C@@H]2CCN(CC(=O)O)[C@@H](C)C2)cccc1-c1ccc(N2CCc3cccc(C(=O)Nc4nc5ccccc5s4)c3C2)nc1C(=O)OC(C)(C)C. The number of ether oxygens (including phenoxy) is 2. The molecule has 0 aliphatic carbocycles. The third kappa shape index (κ3) is 9.45. The van der Waals surface area contributed by atoms with Crippen molar-refractivity contribution in [2.45, 2.75) is 84.9 Å². The molecule has 2 aliphatic heterocycles. The van der Waals surface area contributed by atoms with Crippen LogP contribution in [-0.4, -0.2) is 75.7 Å². The first-order chi connectivity index (χ1) is 27.3. The van der Waals surface area contributed by atoms with Crippen LogP contribution in [-0.2, 0) is 22.5 Å². The number of aliphatic carboxylic acids is 1. The third-order valence-electron chi connectivity index (χ3n) is 10.9. The minimum atomic E-state index is -0.775. The number of anilines is 2. The Balaban J connectivity index is 1.08. The average molecular weight is 790 g/mol. The van der Waals surface area contributed by atoms with Gasteiger partial charge in [-0.1, -0.05) is 47.7 Å². The van der Waals surface area contributed by atoms with Gasteiger partial charge in [0.25, 0.3) is 5.91 Å². The van der Waals surface area contributed by atoms with Crippen LogP contribution in [0.2, 0.25) is 0 Å². The van der Waals surface area contributed by atoms with Gasteiger partial charge >= 0.3 is 11.9 Å². The molecule has 298 valence electrons. The third-order valence-corrected chi connectivity index (χ3v) is 11.8. The van der Waals surface area contributed by atoms with Crippen molar-refractivity contribution < 1.29 is 29.0 Å². The van der Waals surface area contributed by atoms with E-state index in [4.69, 9.17) is 14.5 Å². The van der Waals surface area contributed by atoms with Gasteiger partial charge in [0.15, 0.2) is 10.8 Å². The molecule has 57 heavy (non-hydrogen) atoms. The molecule has 2 N–H and O–H groups in total. The van der Waals surface area contributed by atoms with E-state index in [1.807, 2.05) is 99.3 Å². The number of fused-ring (bicyclic) bond motifs is 2. The number of aromatic nitrogens is 2. The number of hydrogen-bond acceptors (Lipinski definition) is 10. The van der Waals surface area contributed by atoms with Crippen molar-refractivity contribution in [2.75, 3.05) is 36.5 Å². The fraction of sp³-hybridized carbons (Fsp3) is 0.400. The summed E-state index contributed by atoms with van der Waals surface area (Å²) in [5.74, 6) is 0.422. The Bertz CT molecular complexity index is 2250. The predicted octanol–water partition coefficient (Wildman–Crippen LogP) is 8.78. The summed E-state index contributed by atoms with van der Waals surface area (Å²) < 4.78 is 13.3. The first kappa shape index (κ1) is 39.9. The second-order valence-corrected chi connectivity index (χ2v) is 17.2. The standard InChI is InChI=1S/C45H51N5O6S/c1-28-25-30(20-22-49(28)27-40(51)52)11-10-24-55-37-16-9-13-32(29(37)2)33-18-19-39(47-41(33)43(54)56-45(3,4)5)50-23-21-31-12-8-14-34(35(31)26-50)42(53)48-44-46-36-15-6-7-17-38(36)57-44/h6-9,12-19,28,30H,10-11,20-27H2,1-5H3,(H,51,52)(H,46,48,53)/t28-,30+/m0/s1. The van der Waals surface area contributed by atoms with E-state index in [1.54, 1.807) is 0 Å². The van der Waals surface area contributed by atoms with Crippen LogP contribution in [0, 0.1) is 12.8 Å². The molecule has 2 aliphatic rings. The zero-order valence-corrected chi connectivity index (χ0v) is 34.2. The average Bonchev–Trinajstić information content (AvgIpc) is 3.59. The Kier molecular flexibility index (Phi) is 11.9. The van der Waals surface area contributed by atoms with Crippen LogP contribution >= 0.6 is 11.3 Å². The maximum atomic E-state index is 13.9. The van der Waals surface area contributed by atoms with Crippen LogP contribution in [0.3, 0.4) is 0 Å². The minimum Gasteiger partial charge on any atom is -0.493 e. The fourth-order valence-electron chi connectivity index (χ4n) is 8.01. The Morgan fingerprint density at radius 2 is 1.77 bits per heavy atom. The summed E-state index contributed by atoms with van der Waals surface area (Å²) in [6.07, 6.45) is 4.61. The largest absolute Gasteiger partial charge is 0.493 e. The molecule has 3 aromatic carbocycles. The van der Waals surface area contributed by atoms with E-state index >= 15 is 0 Å². The van der Waals surface area contributed by atoms with E-state index in [0.717, 1.165) is 70.4 Å². The summed E-state index contributed by atoms with van der Waals surface area (Å²) in [5, 5.41) is 12.8. The number of hydrogen-bond donors (Lipinski definition) is 2. The molecule has 4 heterocycles. The zero-order valence-electron chi connectivity index (χ0n) is 33.3. The summed E-state index contributed by atoms with van der Waals surface area (Å²) in [7, 11) is 0. The zero-order chi connectivity index (χ0) is 40.3. The molecule has 0 unspecified atom stereocenters. The second-order valence-electron chi connectivity index (χ2n) is 16.1. The molecule has 2 aromatic heterocycles. The molecule has 12 heteroatoms. The number of carbonyl (C=O) groups is 3. The molecule has 7 rings (SSSR count). The number of pyridine rings is 1. The van der Waals surface area contributed by atoms with Gasteiger partial charge in [0.1, 0.15) is 17.2 Å². The molecule has 0 saturated carbocycles. The normalized spacial score (nSPS) is 17.2. The fourth-order valence-corrected chi connectivity index (χ4v) is 8.87. The summed E-state index contributed by atoms with van der Waals surface area (Å²) in [4.78, 5) is 52.5. The molecular weight excluding hydrogens is 739 g/mol. The number of benzene rings is 3. The first-order valence-corrected chi connectivity index (χ1v) is 20.6. The van der Waals surface area contributed by atoms with Crippen molar-refractivity contribution in [1.29, 1.82) is 0 Å². The second kappa shape index (κ2) is 17.0. The lowest BCUT2D eigenvalue weighted by Gasteiger charge is -2.36. The van der Waals surface area contributed by atoms with Crippen molar-refractivity contribution in [1.82, 2.24) is 14.9 Å². The number of carbonyl (C=O) groups excluding carboxylic acids is 2. The molecule has 1 amide bonds. The van der Waals surface area contributed by atoms with Crippen LogP contribution in [0.5, 0.6) is 5.75 Å². The van der Waals surface area contributed by atoms with Gasteiger partial charge in [0.2, 0.25) is 0 Å². The molecule has 11 nitrogen and oxygen atoms in total. The molecule has 5 aromatic rings. The van der Waals surface area contributed by atoms with Crippen molar-refractivity contribution in [3.8, 4) is 16.9 Å². The summed E-state index contributed by atoms with van der Waals surface area (Å²) in [6.45, 7) is 12.2. The van der Waals surface area contributed by atoms with Crippen molar-refractivity contribution in [3.05, 3.63) is 101 Å². The number of piperidine rings is 1. The van der Waals surface area contributed by atoms with Crippen molar-refractivity contribution in [3.63, 3.8) is 0 Å². The van der Waals surface area contributed by atoms with E-state index in [-0.39, 0.29) is 24.2 Å². The number of rotatable bonds is 12. The van der Waals surface area contributed by atoms with Crippen LogP contribution in [0.4, 0.5) is 10.9 Å². The first-order valence-electron chi connectivity index (χ1n) is 19.8. The highest BCUT2D eigenvalue weighted by molar-refractivity contribution is 7.22. The lowest BCUT2D eigenvalue weighted by atomic mass is 9.88. The number of esters is 1. The molecule has 2 atom stereocenters. The Morgan fingerprint density at radius 1 is 0.965 bits per heavy atom. The quantitative estimate of drug-likeness (QED) is 0.0934. The number of carboxylic acids is 1. The van der Waals surface area contributed by atoms with Crippen LogP contribution in [0.15, 0.2) is 72.8 Å². The van der Waals surface area contributed by atoms with E-state index in [1.165, 1.54) is 11.3 Å². The monoisotopic (exact) mass is 789 g/mol. The van der Waals surface area contributed by atoms with Gasteiger partial charge in [-0.3, -0.25) is 19.8 Å². The van der Waals surface area contributed by atoms with Gasteiger partial charge in [-0.25, -0.2) is 14.8 Å². The number of carboxylic acid groups (broad SMARTS) is 1. The topological polar surface area (TPSA) is 134 Å². The van der Waals surface area contributed by atoms with Crippen molar-refractivity contribution >= 4 is 50.3 Å². The lowest BCUT2D eigenvalue weighted by Crippen LogP contribution is -2.43. The molecule has 0 spiro atoms. The van der Waals surface area contributed by atoms with Crippen LogP contribution in [0.1, 0.15) is 90.9 Å². The van der Waals surface area contributed by atoms with E-state index in [0.29, 0.717) is 54.1 Å². The maximum Gasteiger partial charge on any atom is 0.358 e. The number of likely N-dealkylation sites (tertiary alicyclic amines) is 1.